The van der Waals surface area contributed by atoms with Crippen molar-refractivity contribution >= 4 is 71.3 Å². The zero-order valence-electron chi connectivity index (χ0n) is 66.6. The zero-order valence-corrected chi connectivity index (χ0v) is 66.6. The number of Topliss-reactive ketones (excluding diaryl/α,β-unsaturated/α-hetero) is 1. The number of nitrogens with two attached hydrogens (primary N) is 1. The second-order valence-corrected chi connectivity index (χ2v) is 36.2. The molecule has 1 atom stereocenters. The SMILES string of the molecule is CC(C)(C)OC(=O)CCC(CCC(=O)OC(C)(C)C)(CCC(=O)OC(C)(C)C)CC(=O)CCC(N)(CCC(=O)NC(CCC(=O)OC(C)(C)C)(CCC(=O)OC(C)(C)C)CCC(=O)OC(C)(C)C)CCC(=O)NC(CCC(=O)OC(C)(C)C)(CCC(=O)OC(C)(C)C)CC(=O)OC(C)(C)C. The lowest BCUT2D eigenvalue weighted by molar-refractivity contribution is -0.161. The van der Waals surface area contributed by atoms with Gasteiger partial charge in [-0.2, -0.15) is 0 Å². The first-order valence-corrected chi connectivity index (χ1v) is 35.6. The van der Waals surface area contributed by atoms with Crippen molar-refractivity contribution in [3.05, 3.63) is 0 Å². The molecule has 0 aliphatic rings. The van der Waals surface area contributed by atoms with Gasteiger partial charge in [0.2, 0.25) is 11.8 Å². The molecule has 0 rings (SSSR count). The van der Waals surface area contributed by atoms with Crippen molar-refractivity contribution in [3.63, 3.8) is 0 Å². The molecule has 0 aromatic rings. The number of hydrogen-bond donors (Lipinski definition) is 3. The monoisotopic (exact) mass is 1420 g/mol. The summed E-state index contributed by atoms with van der Waals surface area (Å²) in [5, 5.41) is 6.06. The molecule has 24 nitrogen and oxygen atoms in total. The zero-order chi connectivity index (χ0) is 78.2. The molecule has 24 heteroatoms. The van der Waals surface area contributed by atoms with E-state index in [1.807, 2.05) is 0 Å². The Morgan fingerprint density at radius 1 is 0.230 bits per heavy atom. The molecule has 0 bridgehead atoms. The van der Waals surface area contributed by atoms with E-state index >= 15 is 4.79 Å². The molecule has 100 heavy (non-hydrogen) atoms. The first kappa shape index (κ1) is 93.8. The van der Waals surface area contributed by atoms with Crippen LogP contribution in [0, 0.1) is 5.41 Å². The predicted molar refractivity (Wildman–Crippen MR) is 380 cm³/mol. The van der Waals surface area contributed by atoms with Crippen LogP contribution in [-0.2, 0) is 100 Å². The maximum absolute atomic E-state index is 15.1. The van der Waals surface area contributed by atoms with Gasteiger partial charge in [-0.3, -0.25) is 57.5 Å². The fourth-order valence-electron chi connectivity index (χ4n) is 11.0. The van der Waals surface area contributed by atoms with Crippen molar-refractivity contribution in [2.24, 2.45) is 11.1 Å². The number of ketones is 1. The summed E-state index contributed by atoms with van der Waals surface area (Å²) in [7, 11) is 0. The van der Waals surface area contributed by atoms with E-state index in [0.29, 0.717) is 0 Å². The van der Waals surface area contributed by atoms with E-state index in [1.54, 1.807) is 187 Å². The number of esters is 9. The van der Waals surface area contributed by atoms with Gasteiger partial charge in [0.25, 0.3) is 0 Å². The van der Waals surface area contributed by atoms with Crippen LogP contribution in [0.1, 0.15) is 341 Å². The molecule has 4 N–H and O–H groups in total. The van der Waals surface area contributed by atoms with Crippen molar-refractivity contribution < 1.29 is 100 Å². The van der Waals surface area contributed by atoms with Crippen molar-refractivity contribution in [1.82, 2.24) is 10.6 Å². The number of ether oxygens (including phenoxy) is 9. The van der Waals surface area contributed by atoms with Crippen molar-refractivity contribution in [2.75, 3.05) is 0 Å². The molecule has 578 valence electrons. The Morgan fingerprint density at radius 2 is 0.420 bits per heavy atom. The van der Waals surface area contributed by atoms with Crippen molar-refractivity contribution in [1.29, 1.82) is 0 Å². The Balaban J connectivity index is 8.46. The van der Waals surface area contributed by atoms with Gasteiger partial charge in [0.1, 0.15) is 56.2 Å². The number of rotatable bonds is 39. The molecule has 0 saturated carbocycles. The summed E-state index contributed by atoms with van der Waals surface area (Å²) in [5.74, 6) is -7.38. The van der Waals surface area contributed by atoms with Gasteiger partial charge in [0, 0.05) is 88.1 Å². The number of carbonyl (C=O) groups is 12. The highest BCUT2D eigenvalue weighted by Crippen LogP contribution is 2.42. The van der Waals surface area contributed by atoms with E-state index in [1.165, 1.54) is 0 Å². The maximum atomic E-state index is 15.1. The Bertz CT molecular complexity index is 2430. The highest BCUT2D eigenvalue weighted by Gasteiger charge is 2.42. The van der Waals surface area contributed by atoms with Crippen LogP contribution in [0.4, 0.5) is 0 Å². The fourth-order valence-corrected chi connectivity index (χ4v) is 11.0. The molecule has 0 aliphatic carbocycles. The standard InChI is InChI=1S/C76H133N3O21/c1-64(2,3)92-55(83)31-39-73(40-32-56(84)93-65(4,5)6,41-33-57(85)94-66(7,8)9)50-52(80)28-42-74(77,44-30-54(82)79-76(51-63(91)100-72(25,26)27,48-37-61(89)98-70(19,20)21)49-38-62(90)99-71(22,23)24)43-29-53(81)78-75(45-34-58(86)95-67(10,11)12,46-35-59(87)96-68(13,14)15)47-36-60(88)97-69(16,17)18/h28-51,77H2,1-27H3,(H,78,81)(H,79,82). The summed E-state index contributed by atoms with van der Waals surface area (Å²) >= 11 is 0. The molecule has 0 aromatic carbocycles. The lowest BCUT2D eigenvalue weighted by atomic mass is 9.70. The summed E-state index contributed by atoms with van der Waals surface area (Å²) in [4.78, 5) is 167. The van der Waals surface area contributed by atoms with Crippen LogP contribution < -0.4 is 16.4 Å². The predicted octanol–water partition coefficient (Wildman–Crippen LogP) is 13.4. The second-order valence-electron chi connectivity index (χ2n) is 36.2. The van der Waals surface area contributed by atoms with E-state index in [4.69, 9.17) is 48.4 Å². The van der Waals surface area contributed by atoms with Crippen LogP contribution in [0.5, 0.6) is 0 Å². The average molecular weight is 1420 g/mol. The number of nitrogens with one attached hydrogen (secondary N) is 2. The normalized spacial score (nSPS) is 13.7. The average Bonchev–Trinajstić information content (AvgIpc) is 0.839. The van der Waals surface area contributed by atoms with Gasteiger partial charge in [-0.25, -0.2) is 0 Å². The highest BCUT2D eigenvalue weighted by molar-refractivity contribution is 5.82. The van der Waals surface area contributed by atoms with Gasteiger partial charge in [-0.1, -0.05) is 0 Å². The summed E-state index contributed by atoms with van der Waals surface area (Å²) < 4.78 is 51.2. The van der Waals surface area contributed by atoms with E-state index in [0.717, 1.165) is 0 Å². The molecule has 0 saturated heterocycles. The molecule has 0 spiro atoms. The van der Waals surface area contributed by atoms with Crippen LogP contribution >= 0.6 is 0 Å². The third-order valence-electron chi connectivity index (χ3n) is 14.9. The van der Waals surface area contributed by atoms with Crippen LogP contribution in [-0.4, -0.2) is 138 Å². The molecule has 0 aliphatic heterocycles. The third-order valence-corrected chi connectivity index (χ3v) is 14.9. The molecule has 0 fully saturated rings. The fraction of sp³-hybridized carbons (Fsp3) is 0.842. The smallest absolute Gasteiger partial charge is 0.308 e. The summed E-state index contributed by atoms with van der Waals surface area (Å²) in [5.41, 5.74) is -6.52. The Labute approximate surface area is 599 Å². The van der Waals surface area contributed by atoms with Gasteiger partial charge in [-0.05, 0) is 263 Å². The van der Waals surface area contributed by atoms with Gasteiger partial charge >= 0.3 is 53.7 Å². The van der Waals surface area contributed by atoms with Crippen LogP contribution in [0.3, 0.4) is 0 Å². The van der Waals surface area contributed by atoms with E-state index in [9.17, 15) is 52.7 Å². The van der Waals surface area contributed by atoms with Crippen LogP contribution in [0.2, 0.25) is 0 Å². The lowest BCUT2D eigenvalue weighted by Gasteiger charge is -2.37. The van der Waals surface area contributed by atoms with Gasteiger partial charge in [0.15, 0.2) is 0 Å². The third kappa shape index (κ3) is 48.6. The maximum Gasteiger partial charge on any atom is 0.308 e. The minimum Gasteiger partial charge on any atom is -0.460 e. The van der Waals surface area contributed by atoms with E-state index < -0.39 is 157 Å². The van der Waals surface area contributed by atoms with Crippen molar-refractivity contribution in [2.45, 2.75) is 408 Å². The minimum atomic E-state index is -1.64. The molecule has 1 unspecified atom stereocenters. The summed E-state index contributed by atoms with van der Waals surface area (Å²) in [6.07, 6.45) is -5.22. The van der Waals surface area contributed by atoms with Gasteiger partial charge in [-0.15, -0.1) is 0 Å². The molecular weight excluding hydrogens is 1290 g/mol. The largest absolute Gasteiger partial charge is 0.460 e. The molecular formula is C76H133N3O21. The second kappa shape index (κ2) is 38.4. The molecule has 0 aromatic heterocycles. The quantitative estimate of drug-likeness (QED) is 0.0380. The van der Waals surface area contributed by atoms with E-state index in [2.05, 4.69) is 10.6 Å². The van der Waals surface area contributed by atoms with Crippen LogP contribution in [0.25, 0.3) is 0 Å². The Hall–Kier alpha value is -6.20. The Kier molecular flexibility index (Phi) is 36.0. The first-order valence-electron chi connectivity index (χ1n) is 35.6. The first-order chi connectivity index (χ1) is 44.7. The molecule has 0 heterocycles. The Morgan fingerprint density at radius 3 is 0.650 bits per heavy atom. The lowest BCUT2D eigenvalue weighted by Crippen LogP contribution is -2.52. The topological polar surface area (TPSA) is 338 Å². The van der Waals surface area contributed by atoms with Gasteiger partial charge < -0.3 is 59.0 Å². The van der Waals surface area contributed by atoms with E-state index in [-0.39, 0.29) is 141 Å². The number of hydrogen-bond acceptors (Lipinski definition) is 22. The molecule has 0 radical (unpaired) electrons. The highest BCUT2D eigenvalue weighted by atomic mass is 16.6. The number of amides is 2. The van der Waals surface area contributed by atoms with Crippen LogP contribution in [0.15, 0.2) is 0 Å². The number of carbonyl (C=O) groups excluding carboxylic acids is 12. The van der Waals surface area contributed by atoms with Gasteiger partial charge in [0.05, 0.1) is 12.0 Å². The summed E-state index contributed by atoms with van der Waals surface area (Å²) in [6, 6.07) is 0. The minimum absolute atomic E-state index is 0.00219. The molecule has 2 amide bonds. The summed E-state index contributed by atoms with van der Waals surface area (Å²) in [6.45, 7) is 45.8. The van der Waals surface area contributed by atoms with Crippen molar-refractivity contribution in [3.8, 4) is 0 Å².